The molecule has 0 spiro atoms. The first-order valence-corrected chi connectivity index (χ1v) is 5.74. The van der Waals surface area contributed by atoms with Crippen LogP contribution in [0.1, 0.15) is 12.8 Å². The van der Waals surface area contributed by atoms with Gasteiger partial charge in [-0.15, -0.1) is 0 Å². The quantitative estimate of drug-likeness (QED) is 0.827. The normalized spacial score (nSPS) is 22.5. The lowest BCUT2D eigenvalue weighted by Crippen LogP contribution is -2.24. The van der Waals surface area contributed by atoms with E-state index in [-0.39, 0.29) is 12.2 Å². The fourth-order valence-electron chi connectivity index (χ4n) is 1.92. The number of rotatable bonds is 4. The lowest BCUT2D eigenvalue weighted by atomic mass is 10.2. The van der Waals surface area contributed by atoms with Gasteiger partial charge in [-0.25, -0.2) is 18.0 Å². The summed E-state index contributed by atoms with van der Waals surface area (Å²) in [6.07, 6.45) is -0.368. The van der Waals surface area contributed by atoms with Crippen LogP contribution in [-0.4, -0.2) is 29.8 Å². The Morgan fingerprint density at radius 3 is 2.68 bits per heavy atom. The zero-order chi connectivity index (χ0) is 14.0. The minimum Gasteiger partial charge on any atom is -0.479 e. The van der Waals surface area contributed by atoms with Crippen molar-refractivity contribution in [3.05, 3.63) is 29.6 Å². The van der Waals surface area contributed by atoms with Gasteiger partial charge in [0, 0.05) is 6.54 Å². The van der Waals surface area contributed by atoms with E-state index in [2.05, 4.69) is 5.32 Å². The van der Waals surface area contributed by atoms with Gasteiger partial charge in [0.2, 0.25) is 0 Å². The Morgan fingerprint density at radius 2 is 2.05 bits per heavy atom. The number of benzene rings is 1. The summed E-state index contributed by atoms with van der Waals surface area (Å²) in [6, 6.07) is 1.90. The largest absolute Gasteiger partial charge is 0.479 e. The Balaban J connectivity index is 1.93. The number of halogens is 3. The molecular formula is C12H12F3NO3. The molecule has 4 nitrogen and oxygen atoms in total. The molecule has 2 rings (SSSR count). The van der Waals surface area contributed by atoms with Crippen LogP contribution < -0.4 is 5.32 Å². The molecule has 2 unspecified atom stereocenters. The molecule has 0 aliphatic carbocycles. The minimum atomic E-state index is -1.54. The fraction of sp³-hybridized carbons (Fsp3) is 0.417. The highest BCUT2D eigenvalue weighted by Gasteiger charge is 2.30. The smallest absolute Gasteiger partial charge is 0.332 e. The van der Waals surface area contributed by atoms with Gasteiger partial charge < -0.3 is 15.2 Å². The molecule has 1 fully saturated rings. The maximum Gasteiger partial charge on any atom is 0.332 e. The molecule has 1 saturated heterocycles. The molecule has 0 aromatic heterocycles. The van der Waals surface area contributed by atoms with E-state index in [1.807, 2.05) is 0 Å². The summed E-state index contributed by atoms with van der Waals surface area (Å²) in [7, 11) is 0. The standard InChI is InChI=1S/C12H12F3NO3/c13-7-2-3-8(11(15)10(7)14)16-5-6-1-4-9(19-6)12(17)18/h2-3,6,9,16H,1,4-5H2,(H,17,18). The van der Waals surface area contributed by atoms with Crippen LogP contribution in [0.5, 0.6) is 0 Å². The summed E-state index contributed by atoms with van der Waals surface area (Å²) in [5.74, 6) is -5.14. The monoisotopic (exact) mass is 275 g/mol. The summed E-state index contributed by atoms with van der Waals surface area (Å²) in [4.78, 5) is 10.7. The molecule has 1 aromatic carbocycles. The number of hydrogen-bond donors (Lipinski definition) is 2. The number of ether oxygens (including phenoxy) is 1. The van der Waals surface area contributed by atoms with Gasteiger partial charge in [0.1, 0.15) is 0 Å². The molecule has 1 aromatic rings. The van der Waals surface area contributed by atoms with Crippen molar-refractivity contribution in [1.82, 2.24) is 0 Å². The summed E-state index contributed by atoms with van der Waals surface area (Å²) in [5.41, 5.74) is -0.179. The number of anilines is 1. The molecule has 1 aliphatic heterocycles. The average molecular weight is 275 g/mol. The summed E-state index contributed by atoms with van der Waals surface area (Å²) in [6.45, 7) is 0.131. The number of aliphatic carboxylic acids is 1. The molecule has 19 heavy (non-hydrogen) atoms. The van der Waals surface area contributed by atoms with Crippen LogP contribution in [0.2, 0.25) is 0 Å². The number of hydrogen-bond acceptors (Lipinski definition) is 3. The number of carboxylic acids is 1. The second-order valence-corrected chi connectivity index (χ2v) is 4.27. The molecular weight excluding hydrogens is 263 g/mol. The van der Waals surface area contributed by atoms with Gasteiger partial charge in [0.15, 0.2) is 23.6 Å². The topological polar surface area (TPSA) is 58.6 Å². The van der Waals surface area contributed by atoms with Gasteiger partial charge >= 0.3 is 5.97 Å². The van der Waals surface area contributed by atoms with E-state index in [4.69, 9.17) is 9.84 Å². The molecule has 0 amide bonds. The van der Waals surface area contributed by atoms with E-state index in [0.29, 0.717) is 12.8 Å². The number of carboxylic acid groups (broad SMARTS) is 1. The van der Waals surface area contributed by atoms with Crippen molar-refractivity contribution in [2.24, 2.45) is 0 Å². The highest BCUT2D eigenvalue weighted by Crippen LogP contribution is 2.23. The first-order valence-electron chi connectivity index (χ1n) is 5.74. The lowest BCUT2D eigenvalue weighted by Gasteiger charge is -2.14. The molecule has 1 heterocycles. The lowest BCUT2D eigenvalue weighted by molar-refractivity contribution is -0.149. The van der Waals surface area contributed by atoms with Crippen LogP contribution >= 0.6 is 0 Å². The maximum absolute atomic E-state index is 13.3. The van der Waals surface area contributed by atoms with Crippen LogP contribution in [0.15, 0.2) is 12.1 Å². The van der Waals surface area contributed by atoms with Crippen molar-refractivity contribution >= 4 is 11.7 Å². The van der Waals surface area contributed by atoms with Crippen molar-refractivity contribution in [3.63, 3.8) is 0 Å². The third-order valence-electron chi connectivity index (χ3n) is 2.94. The Bertz CT molecular complexity index is 495. The number of carbonyl (C=O) groups is 1. The highest BCUT2D eigenvalue weighted by atomic mass is 19.2. The Kier molecular flexibility index (Phi) is 3.94. The minimum absolute atomic E-state index is 0.131. The fourth-order valence-corrected chi connectivity index (χ4v) is 1.92. The van der Waals surface area contributed by atoms with E-state index in [1.54, 1.807) is 0 Å². The van der Waals surface area contributed by atoms with Crippen molar-refractivity contribution in [1.29, 1.82) is 0 Å². The summed E-state index contributed by atoms with van der Waals surface area (Å²) in [5, 5.41) is 11.3. The van der Waals surface area contributed by atoms with Crippen molar-refractivity contribution < 1.29 is 27.8 Å². The number of nitrogens with one attached hydrogen (secondary N) is 1. The second-order valence-electron chi connectivity index (χ2n) is 4.27. The van der Waals surface area contributed by atoms with Crippen molar-refractivity contribution in [2.45, 2.75) is 25.0 Å². The van der Waals surface area contributed by atoms with Crippen molar-refractivity contribution in [3.8, 4) is 0 Å². The zero-order valence-corrected chi connectivity index (χ0v) is 9.83. The van der Waals surface area contributed by atoms with E-state index in [0.717, 1.165) is 12.1 Å². The van der Waals surface area contributed by atoms with Gasteiger partial charge in [-0.05, 0) is 25.0 Å². The average Bonchev–Trinajstić information content (AvgIpc) is 2.84. The maximum atomic E-state index is 13.3. The highest BCUT2D eigenvalue weighted by molar-refractivity contribution is 5.72. The molecule has 7 heteroatoms. The van der Waals surface area contributed by atoms with E-state index in [1.165, 1.54) is 0 Å². The van der Waals surface area contributed by atoms with Gasteiger partial charge in [-0.2, -0.15) is 0 Å². The summed E-state index contributed by atoms with van der Waals surface area (Å²) < 4.78 is 44.2. The molecule has 2 atom stereocenters. The Morgan fingerprint density at radius 1 is 1.32 bits per heavy atom. The third kappa shape index (κ3) is 2.98. The van der Waals surface area contributed by atoms with E-state index >= 15 is 0 Å². The first kappa shape index (κ1) is 13.7. The van der Waals surface area contributed by atoms with Crippen LogP contribution in [0.25, 0.3) is 0 Å². The van der Waals surface area contributed by atoms with E-state index < -0.39 is 35.6 Å². The van der Waals surface area contributed by atoms with Crippen LogP contribution in [0.4, 0.5) is 18.9 Å². The molecule has 0 bridgehead atoms. The molecule has 0 saturated carbocycles. The second kappa shape index (κ2) is 5.48. The van der Waals surface area contributed by atoms with Gasteiger partial charge in [-0.1, -0.05) is 0 Å². The zero-order valence-electron chi connectivity index (χ0n) is 9.83. The van der Waals surface area contributed by atoms with Crippen LogP contribution in [-0.2, 0) is 9.53 Å². The first-order chi connectivity index (χ1) is 8.99. The molecule has 1 aliphatic rings. The van der Waals surface area contributed by atoms with Gasteiger partial charge in [-0.3, -0.25) is 0 Å². The Hall–Kier alpha value is -1.76. The molecule has 104 valence electrons. The predicted octanol–water partition coefficient (Wildman–Crippen LogP) is 2.15. The predicted molar refractivity (Wildman–Crippen MR) is 60.3 cm³/mol. The van der Waals surface area contributed by atoms with Crippen molar-refractivity contribution in [2.75, 3.05) is 11.9 Å². The molecule has 2 N–H and O–H groups in total. The van der Waals surface area contributed by atoms with Crippen LogP contribution in [0, 0.1) is 17.5 Å². The molecule has 0 radical (unpaired) electrons. The third-order valence-corrected chi connectivity index (χ3v) is 2.94. The van der Waals surface area contributed by atoms with Gasteiger partial charge in [0.25, 0.3) is 0 Å². The Labute approximate surface area is 107 Å². The SMILES string of the molecule is O=C(O)C1CCC(CNc2ccc(F)c(F)c2F)O1. The summed E-state index contributed by atoms with van der Waals surface area (Å²) >= 11 is 0. The van der Waals surface area contributed by atoms with Crippen LogP contribution in [0.3, 0.4) is 0 Å². The van der Waals surface area contributed by atoms with E-state index in [9.17, 15) is 18.0 Å². The van der Waals surface area contributed by atoms with Gasteiger partial charge in [0.05, 0.1) is 11.8 Å².